The van der Waals surface area contributed by atoms with Crippen LogP contribution < -0.4 is 0 Å². The standard InChI is InChI=1S/C20H14FNO2/c1-12-17(9-13-3-6-15(22-2)7-4-13)16-8-5-14(21)10-19(16)18(12)11-20(23)24/h3-10H,11H2,1H3,(H,23,24)/b17-9-. The maximum atomic E-state index is 13.6. The number of nitrogens with zero attached hydrogens (tertiary/aromatic N) is 1. The maximum Gasteiger partial charge on any atom is 0.307 e. The highest BCUT2D eigenvalue weighted by molar-refractivity contribution is 6.07. The number of benzene rings is 2. The third kappa shape index (κ3) is 2.84. The molecule has 0 heterocycles. The van der Waals surface area contributed by atoms with Crippen LogP contribution in [0.3, 0.4) is 0 Å². The molecule has 4 heteroatoms. The fraction of sp³-hybridized carbons (Fsp3) is 0.100. The van der Waals surface area contributed by atoms with Crippen LogP contribution in [0.1, 0.15) is 30.0 Å². The highest BCUT2D eigenvalue weighted by Crippen LogP contribution is 2.43. The Labute approximate surface area is 139 Å². The first kappa shape index (κ1) is 15.7. The molecule has 0 saturated heterocycles. The van der Waals surface area contributed by atoms with Crippen molar-refractivity contribution in [1.82, 2.24) is 0 Å². The van der Waals surface area contributed by atoms with Gasteiger partial charge in [0.25, 0.3) is 0 Å². The molecule has 3 rings (SSSR count). The van der Waals surface area contributed by atoms with Crippen LogP contribution in [0.25, 0.3) is 22.1 Å². The molecular weight excluding hydrogens is 305 g/mol. The van der Waals surface area contributed by atoms with Gasteiger partial charge in [0.2, 0.25) is 0 Å². The third-order valence-electron chi connectivity index (χ3n) is 4.11. The normalized spacial score (nSPS) is 14.6. The molecular formula is C20H14FNO2. The van der Waals surface area contributed by atoms with Crippen LogP contribution in [-0.4, -0.2) is 11.1 Å². The molecule has 0 aromatic heterocycles. The van der Waals surface area contributed by atoms with Gasteiger partial charge in [-0.25, -0.2) is 9.24 Å². The monoisotopic (exact) mass is 319 g/mol. The summed E-state index contributed by atoms with van der Waals surface area (Å²) in [7, 11) is 0. The molecule has 118 valence electrons. The van der Waals surface area contributed by atoms with Gasteiger partial charge in [-0.1, -0.05) is 30.3 Å². The number of carboxylic acid groups (broad SMARTS) is 1. The van der Waals surface area contributed by atoms with Gasteiger partial charge in [0.05, 0.1) is 13.0 Å². The SMILES string of the molecule is [C-]#[N+]c1ccc(/C=C2/C(C)=C(CC(=O)O)c3cc(F)ccc32)cc1. The molecule has 0 amide bonds. The van der Waals surface area contributed by atoms with E-state index in [1.165, 1.54) is 12.1 Å². The van der Waals surface area contributed by atoms with E-state index in [1.807, 2.05) is 25.1 Å². The van der Waals surface area contributed by atoms with Crippen molar-refractivity contribution in [2.24, 2.45) is 0 Å². The maximum absolute atomic E-state index is 13.6. The lowest BCUT2D eigenvalue weighted by atomic mass is 10.0. The molecule has 0 radical (unpaired) electrons. The quantitative estimate of drug-likeness (QED) is 0.792. The van der Waals surface area contributed by atoms with Crippen molar-refractivity contribution in [1.29, 1.82) is 0 Å². The molecule has 1 aliphatic carbocycles. The molecule has 2 aromatic carbocycles. The number of carboxylic acids is 1. The minimum absolute atomic E-state index is 0.143. The van der Waals surface area contributed by atoms with Gasteiger partial charge in [0.15, 0.2) is 5.69 Å². The second kappa shape index (κ2) is 6.13. The minimum Gasteiger partial charge on any atom is -0.481 e. The number of hydrogen-bond acceptors (Lipinski definition) is 1. The average molecular weight is 319 g/mol. The van der Waals surface area contributed by atoms with E-state index in [4.69, 9.17) is 11.7 Å². The second-order valence-corrected chi connectivity index (χ2v) is 5.63. The number of halogens is 1. The van der Waals surface area contributed by atoms with E-state index in [0.29, 0.717) is 16.8 Å². The molecule has 3 nitrogen and oxygen atoms in total. The van der Waals surface area contributed by atoms with Crippen LogP contribution >= 0.6 is 0 Å². The zero-order chi connectivity index (χ0) is 17.3. The zero-order valence-corrected chi connectivity index (χ0v) is 13.0. The highest BCUT2D eigenvalue weighted by Gasteiger charge is 2.25. The summed E-state index contributed by atoms with van der Waals surface area (Å²) >= 11 is 0. The smallest absolute Gasteiger partial charge is 0.307 e. The Morgan fingerprint density at radius 2 is 1.92 bits per heavy atom. The minimum atomic E-state index is -0.942. The number of allylic oxidation sites excluding steroid dienone is 2. The van der Waals surface area contributed by atoms with Crippen molar-refractivity contribution in [2.75, 3.05) is 0 Å². The fourth-order valence-corrected chi connectivity index (χ4v) is 2.94. The summed E-state index contributed by atoms with van der Waals surface area (Å²) in [6, 6.07) is 11.6. The Balaban J connectivity index is 2.13. The van der Waals surface area contributed by atoms with E-state index in [0.717, 1.165) is 22.3 Å². The molecule has 0 saturated carbocycles. The van der Waals surface area contributed by atoms with E-state index < -0.39 is 5.97 Å². The predicted molar refractivity (Wildman–Crippen MR) is 91.8 cm³/mol. The van der Waals surface area contributed by atoms with Gasteiger partial charge in [0.1, 0.15) is 5.82 Å². The van der Waals surface area contributed by atoms with Crippen LogP contribution in [0, 0.1) is 12.4 Å². The van der Waals surface area contributed by atoms with E-state index in [-0.39, 0.29) is 12.2 Å². The zero-order valence-electron chi connectivity index (χ0n) is 13.0. The van der Waals surface area contributed by atoms with Gasteiger partial charge >= 0.3 is 5.97 Å². The first-order valence-electron chi connectivity index (χ1n) is 7.41. The Hall–Kier alpha value is -3.19. The number of hydrogen-bond donors (Lipinski definition) is 1. The molecule has 1 aliphatic rings. The summed E-state index contributed by atoms with van der Waals surface area (Å²) in [5.74, 6) is -1.32. The van der Waals surface area contributed by atoms with Crippen LogP contribution in [0.15, 0.2) is 48.0 Å². The molecule has 0 atom stereocenters. The number of fused-ring (bicyclic) bond motifs is 1. The van der Waals surface area contributed by atoms with Gasteiger partial charge in [-0.05, 0) is 58.5 Å². The Kier molecular flexibility index (Phi) is 4.01. The Morgan fingerprint density at radius 3 is 2.54 bits per heavy atom. The number of aliphatic carboxylic acids is 1. The van der Waals surface area contributed by atoms with Crippen molar-refractivity contribution < 1.29 is 14.3 Å². The number of rotatable bonds is 3. The second-order valence-electron chi connectivity index (χ2n) is 5.63. The van der Waals surface area contributed by atoms with Gasteiger partial charge in [-0.2, -0.15) is 0 Å². The first-order valence-corrected chi connectivity index (χ1v) is 7.41. The van der Waals surface area contributed by atoms with E-state index >= 15 is 0 Å². The van der Waals surface area contributed by atoms with Crippen molar-refractivity contribution in [2.45, 2.75) is 13.3 Å². The summed E-state index contributed by atoms with van der Waals surface area (Å²) in [5, 5.41) is 9.14. The van der Waals surface area contributed by atoms with Crippen LogP contribution in [0.5, 0.6) is 0 Å². The van der Waals surface area contributed by atoms with Crippen molar-refractivity contribution in [3.63, 3.8) is 0 Å². The molecule has 0 unspecified atom stereocenters. The van der Waals surface area contributed by atoms with Crippen LogP contribution in [0.4, 0.5) is 10.1 Å². The number of carbonyl (C=O) groups is 1. The summed E-state index contributed by atoms with van der Waals surface area (Å²) in [6.45, 7) is 8.85. The highest BCUT2D eigenvalue weighted by atomic mass is 19.1. The third-order valence-corrected chi connectivity index (χ3v) is 4.11. The fourth-order valence-electron chi connectivity index (χ4n) is 2.94. The lowest BCUT2D eigenvalue weighted by Crippen LogP contribution is -1.97. The van der Waals surface area contributed by atoms with Crippen molar-refractivity contribution >= 4 is 28.9 Å². The molecule has 0 fully saturated rings. The van der Waals surface area contributed by atoms with Gasteiger partial charge < -0.3 is 5.11 Å². The van der Waals surface area contributed by atoms with Gasteiger partial charge in [-0.15, -0.1) is 0 Å². The van der Waals surface area contributed by atoms with Crippen molar-refractivity contribution in [3.05, 3.63) is 82.0 Å². The predicted octanol–water partition coefficient (Wildman–Crippen LogP) is 5.18. The van der Waals surface area contributed by atoms with Crippen LogP contribution in [0.2, 0.25) is 0 Å². The Bertz CT molecular complexity index is 931. The molecule has 0 spiro atoms. The molecule has 2 aromatic rings. The van der Waals surface area contributed by atoms with E-state index in [1.54, 1.807) is 18.2 Å². The Morgan fingerprint density at radius 1 is 1.21 bits per heavy atom. The largest absolute Gasteiger partial charge is 0.481 e. The van der Waals surface area contributed by atoms with Crippen molar-refractivity contribution in [3.8, 4) is 0 Å². The molecule has 24 heavy (non-hydrogen) atoms. The topological polar surface area (TPSA) is 41.7 Å². The van der Waals surface area contributed by atoms with Crippen LogP contribution in [-0.2, 0) is 4.79 Å². The van der Waals surface area contributed by atoms with E-state index in [2.05, 4.69) is 4.85 Å². The first-order chi connectivity index (χ1) is 11.5. The summed E-state index contributed by atoms with van der Waals surface area (Å²) in [4.78, 5) is 14.5. The van der Waals surface area contributed by atoms with E-state index in [9.17, 15) is 9.18 Å². The molecule has 1 N–H and O–H groups in total. The lowest BCUT2D eigenvalue weighted by Gasteiger charge is -2.04. The summed E-state index contributed by atoms with van der Waals surface area (Å²) in [5.41, 5.74) is 5.30. The van der Waals surface area contributed by atoms with Gasteiger partial charge in [0, 0.05) is 0 Å². The molecule has 0 aliphatic heterocycles. The summed E-state index contributed by atoms with van der Waals surface area (Å²) in [6.07, 6.45) is 1.80. The molecule has 0 bridgehead atoms. The summed E-state index contributed by atoms with van der Waals surface area (Å²) < 4.78 is 13.6. The van der Waals surface area contributed by atoms with Gasteiger partial charge in [-0.3, -0.25) is 4.79 Å². The lowest BCUT2D eigenvalue weighted by molar-refractivity contribution is -0.135. The average Bonchev–Trinajstić information content (AvgIpc) is 2.80.